The number of thioether (sulfide) groups is 1. The van der Waals surface area contributed by atoms with Crippen molar-refractivity contribution in [2.75, 3.05) is 12.0 Å². The molecular formula is C24H17ClN2O5S2. The van der Waals surface area contributed by atoms with Gasteiger partial charge in [0.15, 0.2) is 15.8 Å². The molecule has 0 bridgehead atoms. The second-order valence-electron chi connectivity index (χ2n) is 7.09. The van der Waals surface area contributed by atoms with Gasteiger partial charge in [-0.05, 0) is 42.0 Å². The predicted molar refractivity (Wildman–Crippen MR) is 138 cm³/mol. The molecule has 0 radical (unpaired) electrons. The molecule has 0 aromatic heterocycles. The molecule has 1 aliphatic rings. The summed E-state index contributed by atoms with van der Waals surface area (Å²) < 4.78 is 11.5. The van der Waals surface area contributed by atoms with E-state index in [0.717, 1.165) is 17.3 Å². The van der Waals surface area contributed by atoms with Crippen LogP contribution in [-0.2, 0) is 11.4 Å². The van der Waals surface area contributed by atoms with E-state index < -0.39 is 4.92 Å². The van der Waals surface area contributed by atoms with Crippen LogP contribution in [0.15, 0.2) is 71.6 Å². The van der Waals surface area contributed by atoms with Gasteiger partial charge in [0.25, 0.3) is 11.6 Å². The van der Waals surface area contributed by atoms with Crippen LogP contribution in [0.1, 0.15) is 11.1 Å². The smallest absolute Gasteiger partial charge is 0.280 e. The van der Waals surface area contributed by atoms with E-state index in [-0.39, 0.29) is 34.4 Å². The van der Waals surface area contributed by atoms with E-state index in [9.17, 15) is 14.9 Å². The molecule has 172 valence electrons. The molecule has 7 nitrogen and oxygen atoms in total. The maximum Gasteiger partial charge on any atom is 0.280 e. The van der Waals surface area contributed by atoms with Gasteiger partial charge in [0.1, 0.15) is 6.61 Å². The van der Waals surface area contributed by atoms with Gasteiger partial charge in [-0.25, -0.2) is 0 Å². The first-order valence-electron chi connectivity index (χ1n) is 9.94. The van der Waals surface area contributed by atoms with Crippen molar-refractivity contribution in [3.05, 3.63) is 97.9 Å². The number of anilines is 1. The Morgan fingerprint density at radius 2 is 1.82 bits per heavy atom. The highest BCUT2D eigenvalue weighted by Gasteiger charge is 2.34. The maximum absolute atomic E-state index is 13.1. The minimum absolute atomic E-state index is 0.200. The number of nitro benzene ring substituents is 1. The predicted octanol–water partition coefficient (Wildman–Crippen LogP) is 6.24. The van der Waals surface area contributed by atoms with Crippen LogP contribution < -0.4 is 14.4 Å². The van der Waals surface area contributed by atoms with Crippen molar-refractivity contribution in [1.29, 1.82) is 0 Å². The summed E-state index contributed by atoms with van der Waals surface area (Å²) in [5.41, 5.74) is 1.44. The number of nitro groups is 1. The van der Waals surface area contributed by atoms with Crippen LogP contribution in [0.4, 0.5) is 11.4 Å². The lowest BCUT2D eigenvalue weighted by molar-refractivity contribution is -0.385. The highest BCUT2D eigenvalue weighted by molar-refractivity contribution is 8.27. The molecule has 0 unspecified atom stereocenters. The van der Waals surface area contributed by atoms with Crippen LogP contribution in [0.25, 0.3) is 6.08 Å². The van der Waals surface area contributed by atoms with Crippen molar-refractivity contribution < 1.29 is 19.2 Å². The van der Waals surface area contributed by atoms with Gasteiger partial charge < -0.3 is 9.47 Å². The quantitative estimate of drug-likeness (QED) is 0.160. The summed E-state index contributed by atoms with van der Waals surface area (Å²) in [7, 11) is 1.44. The normalized spacial score (nSPS) is 14.5. The lowest BCUT2D eigenvalue weighted by Crippen LogP contribution is -2.27. The Kier molecular flexibility index (Phi) is 7.16. The average molecular weight is 513 g/mol. The summed E-state index contributed by atoms with van der Waals surface area (Å²) >= 11 is 12.4. The minimum atomic E-state index is -0.527. The Hall–Kier alpha value is -3.40. The first kappa shape index (κ1) is 23.7. The summed E-state index contributed by atoms with van der Waals surface area (Å²) in [6, 6.07) is 18.9. The van der Waals surface area contributed by atoms with E-state index in [1.54, 1.807) is 24.3 Å². The van der Waals surface area contributed by atoms with Crippen LogP contribution in [0.5, 0.6) is 11.5 Å². The Morgan fingerprint density at radius 3 is 2.47 bits per heavy atom. The van der Waals surface area contributed by atoms with E-state index in [1.807, 2.05) is 30.3 Å². The van der Waals surface area contributed by atoms with Crippen LogP contribution in [-0.4, -0.2) is 22.3 Å². The third kappa shape index (κ3) is 5.06. The lowest BCUT2D eigenvalue weighted by atomic mass is 10.1. The second kappa shape index (κ2) is 10.3. The fraction of sp³-hybridized carbons (Fsp3) is 0.0833. The molecule has 1 saturated heterocycles. The Labute approximate surface area is 210 Å². The number of methoxy groups -OCH3 is 1. The molecule has 3 aromatic carbocycles. The van der Waals surface area contributed by atoms with Crippen LogP contribution in [0.3, 0.4) is 0 Å². The number of carbonyl (C=O) groups is 1. The SMILES string of the molecule is COc1cc(/C=C2\SC(=S)N(c3ccc(Cl)cc3)C2=O)c([N+](=O)[O-])cc1OCc1ccccc1. The zero-order valence-corrected chi connectivity index (χ0v) is 20.2. The first-order valence-corrected chi connectivity index (χ1v) is 11.5. The second-order valence-corrected chi connectivity index (χ2v) is 9.20. The van der Waals surface area contributed by atoms with Crippen molar-refractivity contribution in [2.45, 2.75) is 6.61 Å². The highest BCUT2D eigenvalue weighted by Crippen LogP contribution is 2.40. The molecule has 0 aliphatic carbocycles. The molecule has 0 saturated carbocycles. The van der Waals surface area contributed by atoms with Gasteiger partial charge in [-0.1, -0.05) is 65.9 Å². The van der Waals surface area contributed by atoms with Crippen LogP contribution in [0, 0.1) is 10.1 Å². The highest BCUT2D eigenvalue weighted by atomic mass is 35.5. The molecule has 1 heterocycles. The third-order valence-electron chi connectivity index (χ3n) is 4.91. The third-order valence-corrected chi connectivity index (χ3v) is 6.47. The Morgan fingerprint density at radius 1 is 1.12 bits per heavy atom. The number of thiocarbonyl (C=S) groups is 1. The largest absolute Gasteiger partial charge is 0.493 e. The Bertz CT molecular complexity index is 1300. The number of hydrogen-bond acceptors (Lipinski definition) is 7. The van der Waals surface area contributed by atoms with Gasteiger partial charge in [-0.15, -0.1) is 0 Å². The first-order chi connectivity index (χ1) is 16.4. The van der Waals surface area contributed by atoms with Crippen LogP contribution >= 0.6 is 35.6 Å². The number of amides is 1. The van der Waals surface area contributed by atoms with Gasteiger partial charge in [0.05, 0.1) is 34.3 Å². The number of ether oxygens (including phenoxy) is 2. The van der Waals surface area contributed by atoms with Gasteiger partial charge in [-0.2, -0.15) is 0 Å². The van der Waals surface area contributed by atoms with Gasteiger partial charge in [0, 0.05) is 5.02 Å². The molecule has 1 aliphatic heterocycles. The number of carbonyl (C=O) groups excluding carboxylic acids is 1. The molecule has 4 rings (SSSR count). The van der Waals surface area contributed by atoms with Crippen LogP contribution in [0.2, 0.25) is 5.02 Å². The van der Waals surface area contributed by atoms with E-state index in [2.05, 4.69) is 0 Å². The van der Waals surface area contributed by atoms with Crippen molar-refractivity contribution in [2.24, 2.45) is 0 Å². The number of nitrogens with zero attached hydrogens (tertiary/aromatic N) is 2. The van der Waals surface area contributed by atoms with Gasteiger partial charge in [-0.3, -0.25) is 19.8 Å². The van der Waals surface area contributed by atoms with Crippen molar-refractivity contribution in [1.82, 2.24) is 0 Å². The zero-order chi connectivity index (χ0) is 24.2. The number of rotatable bonds is 7. The van der Waals surface area contributed by atoms with E-state index >= 15 is 0 Å². The summed E-state index contributed by atoms with van der Waals surface area (Å²) in [5, 5.41) is 12.4. The molecule has 0 atom stereocenters. The number of hydrogen-bond donors (Lipinski definition) is 0. The monoisotopic (exact) mass is 512 g/mol. The van der Waals surface area contributed by atoms with E-state index in [0.29, 0.717) is 20.8 Å². The molecule has 3 aromatic rings. The molecule has 0 N–H and O–H groups in total. The van der Waals surface area contributed by atoms with Crippen molar-refractivity contribution >= 4 is 63.3 Å². The van der Waals surface area contributed by atoms with Crippen molar-refractivity contribution in [3.8, 4) is 11.5 Å². The fourth-order valence-corrected chi connectivity index (χ4v) is 4.68. The van der Waals surface area contributed by atoms with Gasteiger partial charge >= 0.3 is 0 Å². The molecule has 1 fully saturated rings. The lowest BCUT2D eigenvalue weighted by Gasteiger charge is -2.14. The Balaban J connectivity index is 1.66. The summed E-state index contributed by atoms with van der Waals surface area (Å²) in [4.78, 5) is 26.0. The average Bonchev–Trinajstić information content (AvgIpc) is 3.11. The summed E-state index contributed by atoms with van der Waals surface area (Å²) in [5.74, 6) is 0.153. The molecule has 34 heavy (non-hydrogen) atoms. The topological polar surface area (TPSA) is 81.9 Å². The van der Waals surface area contributed by atoms with Gasteiger partial charge in [0.2, 0.25) is 0 Å². The minimum Gasteiger partial charge on any atom is -0.493 e. The van der Waals surface area contributed by atoms with E-state index in [1.165, 1.54) is 30.2 Å². The molecular weight excluding hydrogens is 496 g/mol. The molecule has 1 amide bonds. The molecule has 10 heteroatoms. The summed E-state index contributed by atoms with van der Waals surface area (Å²) in [6.45, 7) is 0.216. The number of benzene rings is 3. The number of halogens is 1. The van der Waals surface area contributed by atoms with E-state index in [4.69, 9.17) is 33.3 Å². The molecule has 0 spiro atoms. The maximum atomic E-state index is 13.1. The van der Waals surface area contributed by atoms with Crippen molar-refractivity contribution in [3.63, 3.8) is 0 Å². The fourth-order valence-electron chi connectivity index (χ4n) is 3.27. The standard InChI is InChI=1S/C24H17ClN2O5S2/c1-31-20-11-16(19(27(29)30)13-21(20)32-14-15-5-3-2-4-6-15)12-22-23(28)26(24(33)34-22)18-9-7-17(25)8-10-18/h2-13H,14H2,1H3/b22-12-. The zero-order valence-electron chi connectivity index (χ0n) is 17.8. The summed E-state index contributed by atoms with van der Waals surface area (Å²) in [6.07, 6.45) is 1.44.